The molecule has 3 fully saturated rings. The number of hydrogen-bond acceptors (Lipinski definition) is 6. The molecule has 33 heavy (non-hydrogen) atoms. The average Bonchev–Trinajstić information content (AvgIpc) is 3.46. The minimum atomic E-state index is -0.998. The maximum absolute atomic E-state index is 13.1. The second-order valence-electron chi connectivity index (χ2n) is 10.4. The van der Waals surface area contributed by atoms with Gasteiger partial charge in [-0.2, -0.15) is 0 Å². The fourth-order valence-electron chi connectivity index (χ4n) is 6.44. The molecule has 0 spiro atoms. The molecule has 2 saturated heterocycles. The summed E-state index contributed by atoms with van der Waals surface area (Å²) in [6.07, 6.45) is 6.30. The van der Waals surface area contributed by atoms with Crippen LogP contribution in [-0.4, -0.2) is 75.7 Å². The van der Waals surface area contributed by atoms with Crippen molar-refractivity contribution in [1.82, 2.24) is 25.2 Å². The Balaban J connectivity index is 1.46. The molecule has 1 saturated carbocycles. The molecule has 3 atom stereocenters. The van der Waals surface area contributed by atoms with E-state index in [1.165, 1.54) is 0 Å². The molecule has 3 unspecified atom stereocenters. The van der Waals surface area contributed by atoms with Crippen LogP contribution in [0.1, 0.15) is 51.3 Å². The van der Waals surface area contributed by atoms with Gasteiger partial charge in [-0.1, -0.05) is 26.7 Å². The van der Waals surface area contributed by atoms with Crippen molar-refractivity contribution in [2.75, 3.05) is 37.7 Å². The zero-order chi connectivity index (χ0) is 23.4. The summed E-state index contributed by atoms with van der Waals surface area (Å²) < 4.78 is 0. The first-order valence-corrected chi connectivity index (χ1v) is 11.8. The second-order valence-corrected chi connectivity index (χ2v) is 10.4. The number of aliphatic hydroxyl groups excluding tert-OH is 1. The average molecular weight is 456 g/mol. The molecule has 5 rings (SSSR count). The van der Waals surface area contributed by atoms with Gasteiger partial charge < -0.3 is 30.9 Å². The Bertz CT molecular complexity index is 1060. The number of urea groups is 1. The van der Waals surface area contributed by atoms with Crippen LogP contribution in [0.25, 0.3) is 11.0 Å². The monoisotopic (exact) mass is 455 g/mol. The van der Waals surface area contributed by atoms with Gasteiger partial charge in [0.25, 0.3) is 0 Å². The Morgan fingerprint density at radius 3 is 2.42 bits per heavy atom. The van der Waals surface area contributed by atoms with Gasteiger partial charge in [0.05, 0.1) is 12.0 Å². The van der Waals surface area contributed by atoms with Crippen LogP contribution in [0.5, 0.6) is 0 Å². The van der Waals surface area contributed by atoms with Gasteiger partial charge in [0.15, 0.2) is 0 Å². The highest BCUT2D eigenvalue weighted by atomic mass is 16.3. The third kappa shape index (κ3) is 3.42. The van der Waals surface area contributed by atoms with Gasteiger partial charge >= 0.3 is 6.03 Å². The summed E-state index contributed by atoms with van der Waals surface area (Å²) >= 11 is 0. The normalized spacial score (nSPS) is 27.6. The summed E-state index contributed by atoms with van der Waals surface area (Å²) in [5, 5.41) is 13.1. The topological polar surface area (TPSA) is 140 Å². The minimum Gasteiger partial charge on any atom is -0.394 e. The number of aliphatic hydroxyl groups is 1. The first-order valence-electron chi connectivity index (χ1n) is 11.8. The molecular formula is C23H33N7O3. The maximum Gasteiger partial charge on any atom is 0.312 e. The first-order chi connectivity index (χ1) is 15.8. The quantitative estimate of drug-likeness (QED) is 0.536. The van der Waals surface area contributed by atoms with Gasteiger partial charge in [-0.15, -0.1) is 0 Å². The number of H-pyrrole nitrogens is 1. The third-order valence-corrected chi connectivity index (χ3v) is 8.00. The number of nitrogens with one attached hydrogen (secondary N) is 2. The highest BCUT2D eigenvalue weighted by Crippen LogP contribution is 2.60. The van der Waals surface area contributed by atoms with Crippen molar-refractivity contribution in [3.8, 4) is 0 Å². The number of nitrogens with two attached hydrogens (primary N) is 1. The van der Waals surface area contributed by atoms with Crippen LogP contribution in [0.2, 0.25) is 0 Å². The molecule has 3 amide bonds. The van der Waals surface area contributed by atoms with Gasteiger partial charge in [0.2, 0.25) is 5.91 Å². The van der Waals surface area contributed by atoms with E-state index in [2.05, 4.69) is 29.0 Å². The Kier molecular flexibility index (Phi) is 5.23. The molecule has 0 aromatic carbocycles. The zero-order valence-corrected chi connectivity index (χ0v) is 19.3. The van der Waals surface area contributed by atoms with E-state index in [1.54, 1.807) is 0 Å². The zero-order valence-electron chi connectivity index (χ0n) is 19.3. The lowest BCUT2D eigenvalue weighted by atomic mass is 9.60. The van der Waals surface area contributed by atoms with Crippen LogP contribution >= 0.6 is 0 Å². The largest absolute Gasteiger partial charge is 0.394 e. The van der Waals surface area contributed by atoms with Crippen LogP contribution in [0.4, 0.5) is 10.6 Å². The summed E-state index contributed by atoms with van der Waals surface area (Å²) in [7, 11) is 0. The molecule has 2 aromatic heterocycles. The molecule has 2 aromatic rings. The van der Waals surface area contributed by atoms with Crippen LogP contribution < -0.4 is 16.0 Å². The van der Waals surface area contributed by atoms with Gasteiger partial charge in [-0.3, -0.25) is 4.79 Å². The highest BCUT2D eigenvalue weighted by molar-refractivity contribution is 5.89. The van der Waals surface area contributed by atoms with Crippen molar-refractivity contribution in [3.05, 3.63) is 18.1 Å². The van der Waals surface area contributed by atoms with Gasteiger partial charge in [-0.05, 0) is 18.9 Å². The summed E-state index contributed by atoms with van der Waals surface area (Å²) in [6.45, 7) is 6.65. The number of likely N-dealkylation sites (tertiary alicyclic amines) is 1. The number of fused-ring (bicyclic) bond motifs is 1. The van der Waals surface area contributed by atoms with E-state index in [0.29, 0.717) is 13.1 Å². The van der Waals surface area contributed by atoms with Crippen molar-refractivity contribution < 1.29 is 14.7 Å². The van der Waals surface area contributed by atoms with Crippen LogP contribution in [0.3, 0.4) is 0 Å². The van der Waals surface area contributed by atoms with Crippen molar-refractivity contribution in [2.24, 2.45) is 16.6 Å². The van der Waals surface area contributed by atoms with E-state index in [0.717, 1.165) is 61.4 Å². The number of nitrogens with zero attached hydrogens (tertiary/aromatic N) is 4. The molecule has 2 aliphatic heterocycles. The SMILES string of the molecule is CC(C)c1nc(N2CC34CCCCC3(CN(C(=O)C(CO)NC(N)=O)C4)C2)c2cc[nH]c2n1. The van der Waals surface area contributed by atoms with Crippen molar-refractivity contribution in [1.29, 1.82) is 0 Å². The number of carbonyl (C=O) groups is 2. The van der Waals surface area contributed by atoms with Gasteiger partial charge in [0.1, 0.15) is 23.3 Å². The summed E-state index contributed by atoms with van der Waals surface area (Å²) in [5.74, 6) is 1.77. The molecule has 4 heterocycles. The first kappa shape index (κ1) is 21.9. The number of hydrogen-bond donors (Lipinski definition) is 4. The second kappa shape index (κ2) is 7.86. The molecule has 10 heteroatoms. The lowest BCUT2D eigenvalue weighted by Gasteiger charge is -2.41. The molecule has 1 aliphatic carbocycles. The summed E-state index contributed by atoms with van der Waals surface area (Å²) in [6, 6.07) is 0.239. The van der Waals surface area contributed by atoms with Crippen molar-refractivity contribution in [2.45, 2.75) is 51.5 Å². The lowest BCUT2D eigenvalue weighted by Crippen LogP contribution is -2.52. The highest BCUT2D eigenvalue weighted by Gasteiger charge is 2.64. The van der Waals surface area contributed by atoms with E-state index >= 15 is 0 Å². The van der Waals surface area contributed by atoms with E-state index in [4.69, 9.17) is 15.7 Å². The minimum absolute atomic E-state index is 0.0286. The Morgan fingerprint density at radius 1 is 1.18 bits per heavy atom. The standard InChI is InChI=1S/C23H33N7O3/c1-14(2)17-27-18-15(5-8-25-18)19(28-17)29-10-22-6-3-4-7-23(22,11-29)13-30(12-22)20(32)16(9-31)26-21(24)33/h5,8,14,16,31H,3-4,6-7,9-13H2,1-2H3,(H3,24,26,33)(H,25,27,28). The Labute approximate surface area is 192 Å². The number of carbonyl (C=O) groups excluding carboxylic acids is 2. The van der Waals surface area contributed by atoms with Gasteiger partial charge in [0, 0.05) is 49.1 Å². The van der Waals surface area contributed by atoms with E-state index in [1.807, 2.05) is 17.2 Å². The molecule has 3 aliphatic rings. The van der Waals surface area contributed by atoms with Crippen LogP contribution in [-0.2, 0) is 4.79 Å². The van der Waals surface area contributed by atoms with Crippen molar-refractivity contribution >= 4 is 28.8 Å². The fourth-order valence-corrected chi connectivity index (χ4v) is 6.44. The molecule has 0 radical (unpaired) electrons. The molecular weight excluding hydrogens is 422 g/mol. The van der Waals surface area contributed by atoms with E-state index in [-0.39, 0.29) is 22.7 Å². The lowest BCUT2D eigenvalue weighted by molar-refractivity contribution is -0.133. The predicted molar refractivity (Wildman–Crippen MR) is 124 cm³/mol. The molecule has 0 bridgehead atoms. The number of aromatic amines is 1. The Hall–Kier alpha value is -2.88. The predicted octanol–water partition coefficient (Wildman–Crippen LogP) is 1.32. The van der Waals surface area contributed by atoms with E-state index < -0.39 is 18.7 Å². The van der Waals surface area contributed by atoms with Crippen molar-refractivity contribution in [3.63, 3.8) is 0 Å². The maximum atomic E-state index is 13.1. The molecule has 10 nitrogen and oxygen atoms in total. The third-order valence-electron chi connectivity index (χ3n) is 8.00. The number of anilines is 1. The number of aromatic nitrogens is 3. The fraction of sp³-hybridized carbons (Fsp3) is 0.652. The van der Waals surface area contributed by atoms with E-state index in [9.17, 15) is 14.7 Å². The smallest absolute Gasteiger partial charge is 0.312 e. The van der Waals surface area contributed by atoms with Crippen LogP contribution in [0, 0.1) is 10.8 Å². The van der Waals surface area contributed by atoms with Crippen LogP contribution in [0.15, 0.2) is 12.3 Å². The summed E-state index contributed by atoms with van der Waals surface area (Å²) in [4.78, 5) is 41.6. The number of rotatable bonds is 5. The number of amides is 3. The van der Waals surface area contributed by atoms with Gasteiger partial charge in [-0.25, -0.2) is 14.8 Å². The Morgan fingerprint density at radius 2 is 1.85 bits per heavy atom. The number of primary amides is 1. The molecule has 5 N–H and O–H groups in total. The summed E-state index contributed by atoms with van der Waals surface area (Å²) in [5.41, 5.74) is 6.01. The molecule has 178 valence electrons.